The molecule has 0 spiro atoms. The molecule has 1 fully saturated rings. The van der Waals surface area contributed by atoms with Gasteiger partial charge in [-0.2, -0.15) is 4.31 Å². The van der Waals surface area contributed by atoms with Crippen LogP contribution >= 0.6 is 0 Å². The Morgan fingerprint density at radius 3 is 2.44 bits per heavy atom. The maximum atomic E-state index is 12.9. The summed E-state index contributed by atoms with van der Waals surface area (Å²) in [5.41, 5.74) is 1.04. The van der Waals surface area contributed by atoms with E-state index in [2.05, 4.69) is 5.32 Å². The molecule has 1 saturated heterocycles. The summed E-state index contributed by atoms with van der Waals surface area (Å²) >= 11 is 0. The molecule has 142 valence electrons. The van der Waals surface area contributed by atoms with Gasteiger partial charge in [-0.25, -0.2) is 13.2 Å². The SMILES string of the molecule is Cc1ccc(S(=O)(=O)N2CCCC2C(=O)Nc2ccccc2C(=O)O)cc1. The second-order valence-corrected chi connectivity index (χ2v) is 8.32. The van der Waals surface area contributed by atoms with Crippen molar-refractivity contribution in [3.05, 3.63) is 59.7 Å². The van der Waals surface area contributed by atoms with Crippen molar-refractivity contribution in [2.45, 2.75) is 30.7 Å². The Bertz CT molecular complexity index is 970. The minimum Gasteiger partial charge on any atom is -0.478 e. The molecule has 3 rings (SSSR count). The molecule has 2 aromatic rings. The minimum absolute atomic E-state index is 0.0446. The van der Waals surface area contributed by atoms with E-state index in [4.69, 9.17) is 0 Å². The highest BCUT2D eigenvalue weighted by molar-refractivity contribution is 7.89. The topological polar surface area (TPSA) is 104 Å². The second-order valence-electron chi connectivity index (χ2n) is 6.43. The quantitative estimate of drug-likeness (QED) is 0.819. The standard InChI is InChI=1S/C19H20N2O5S/c1-13-8-10-14(11-9-13)27(25,26)21-12-4-7-17(21)18(22)20-16-6-3-2-5-15(16)19(23)24/h2-3,5-6,8-11,17H,4,7,12H2,1H3,(H,20,22)(H,23,24). The lowest BCUT2D eigenvalue weighted by Crippen LogP contribution is -2.43. The third-order valence-electron chi connectivity index (χ3n) is 4.55. The van der Waals surface area contributed by atoms with Crippen LogP contribution in [0.2, 0.25) is 0 Å². The van der Waals surface area contributed by atoms with E-state index in [0.717, 1.165) is 5.56 Å². The molecule has 7 nitrogen and oxygen atoms in total. The molecular formula is C19H20N2O5S. The molecular weight excluding hydrogens is 368 g/mol. The molecule has 1 amide bonds. The number of carboxylic acids is 1. The third kappa shape index (κ3) is 3.86. The van der Waals surface area contributed by atoms with Crippen molar-refractivity contribution in [3.8, 4) is 0 Å². The first kappa shape index (κ1) is 19.1. The minimum atomic E-state index is -3.81. The molecule has 0 aromatic heterocycles. The number of sulfonamides is 1. The number of amides is 1. The number of hydrogen-bond acceptors (Lipinski definition) is 4. The number of nitrogens with one attached hydrogen (secondary N) is 1. The number of aromatic carboxylic acids is 1. The summed E-state index contributed by atoms with van der Waals surface area (Å²) in [6, 6.07) is 11.6. The molecule has 1 aliphatic heterocycles. The van der Waals surface area contributed by atoms with Crippen LogP contribution in [0.15, 0.2) is 53.4 Å². The van der Waals surface area contributed by atoms with Crippen molar-refractivity contribution in [1.29, 1.82) is 0 Å². The molecule has 8 heteroatoms. The molecule has 0 radical (unpaired) electrons. The summed E-state index contributed by atoms with van der Waals surface area (Å²) in [5.74, 6) is -1.70. The van der Waals surface area contributed by atoms with Crippen molar-refractivity contribution in [2.24, 2.45) is 0 Å². The fourth-order valence-electron chi connectivity index (χ4n) is 3.13. The predicted octanol–water partition coefficient (Wildman–Crippen LogP) is 2.49. The number of nitrogens with zero attached hydrogens (tertiary/aromatic N) is 1. The maximum absolute atomic E-state index is 12.9. The number of carboxylic acid groups (broad SMARTS) is 1. The lowest BCUT2D eigenvalue weighted by atomic mass is 10.1. The molecule has 2 aromatic carbocycles. The zero-order valence-corrected chi connectivity index (χ0v) is 15.6. The fraction of sp³-hybridized carbons (Fsp3) is 0.263. The second kappa shape index (κ2) is 7.50. The number of para-hydroxylation sites is 1. The maximum Gasteiger partial charge on any atom is 0.337 e. The Balaban J connectivity index is 1.85. The number of rotatable bonds is 5. The molecule has 1 aliphatic rings. The van der Waals surface area contributed by atoms with Gasteiger partial charge in [-0.05, 0) is 44.0 Å². The zero-order chi connectivity index (χ0) is 19.6. The Labute approximate surface area is 157 Å². The molecule has 1 atom stereocenters. The van der Waals surface area contributed by atoms with Gasteiger partial charge in [0.15, 0.2) is 0 Å². The first-order valence-corrected chi connectivity index (χ1v) is 9.96. The van der Waals surface area contributed by atoms with E-state index < -0.39 is 27.9 Å². The van der Waals surface area contributed by atoms with Crippen LogP contribution in [0.4, 0.5) is 5.69 Å². The molecule has 0 saturated carbocycles. The molecule has 0 bridgehead atoms. The lowest BCUT2D eigenvalue weighted by molar-refractivity contribution is -0.119. The highest BCUT2D eigenvalue weighted by Crippen LogP contribution is 2.27. The van der Waals surface area contributed by atoms with Gasteiger partial charge < -0.3 is 10.4 Å². The molecule has 1 unspecified atom stereocenters. The van der Waals surface area contributed by atoms with E-state index in [1.165, 1.54) is 28.6 Å². The highest BCUT2D eigenvalue weighted by Gasteiger charge is 2.39. The Hall–Kier alpha value is -2.71. The summed E-state index contributed by atoms with van der Waals surface area (Å²) in [4.78, 5) is 24.2. The molecule has 0 aliphatic carbocycles. The number of carbonyl (C=O) groups excluding carboxylic acids is 1. The van der Waals surface area contributed by atoms with E-state index in [0.29, 0.717) is 12.8 Å². The van der Waals surface area contributed by atoms with Gasteiger partial charge >= 0.3 is 5.97 Å². The Kier molecular flexibility index (Phi) is 5.29. The third-order valence-corrected chi connectivity index (χ3v) is 6.47. The molecule has 27 heavy (non-hydrogen) atoms. The summed E-state index contributed by atoms with van der Waals surface area (Å²) in [5, 5.41) is 11.8. The highest BCUT2D eigenvalue weighted by atomic mass is 32.2. The summed E-state index contributed by atoms with van der Waals surface area (Å²) < 4.78 is 27.1. The predicted molar refractivity (Wildman–Crippen MR) is 100 cm³/mol. The van der Waals surface area contributed by atoms with Gasteiger partial charge in [-0.3, -0.25) is 4.79 Å². The average molecular weight is 388 g/mol. The first-order valence-electron chi connectivity index (χ1n) is 8.52. The molecule has 1 heterocycles. The van der Waals surface area contributed by atoms with Gasteiger partial charge in [0.1, 0.15) is 6.04 Å². The Morgan fingerprint density at radius 2 is 1.78 bits per heavy atom. The van der Waals surface area contributed by atoms with Crippen LogP contribution < -0.4 is 5.32 Å². The zero-order valence-electron chi connectivity index (χ0n) is 14.8. The number of aryl methyl sites for hydroxylation is 1. The van der Waals surface area contributed by atoms with Crippen molar-refractivity contribution in [3.63, 3.8) is 0 Å². The van der Waals surface area contributed by atoms with Crippen LogP contribution in [-0.4, -0.2) is 42.3 Å². The van der Waals surface area contributed by atoms with Crippen LogP contribution in [0.3, 0.4) is 0 Å². The largest absolute Gasteiger partial charge is 0.478 e. The average Bonchev–Trinajstić information content (AvgIpc) is 3.13. The van der Waals surface area contributed by atoms with Gasteiger partial charge in [-0.1, -0.05) is 29.8 Å². The van der Waals surface area contributed by atoms with Gasteiger partial charge in [0.2, 0.25) is 15.9 Å². The van der Waals surface area contributed by atoms with Crippen molar-refractivity contribution < 1.29 is 23.1 Å². The van der Waals surface area contributed by atoms with Crippen LogP contribution in [0.25, 0.3) is 0 Å². The van der Waals surface area contributed by atoms with Gasteiger partial charge in [0, 0.05) is 6.54 Å². The smallest absolute Gasteiger partial charge is 0.337 e. The van der Waals surface area contributed by atoms with E-state index in [9.17, 15) is 23.1 Å². The first-order chi connectivity index (χ1) is 12.8. The fourth-order valence-corrected chi connectivity index (χ4v) is 4.79. The van der Waals surface area contributed by atoms with Crippen molar-refractivity contribution in [1.82, 2.24) is 4.31 Å². The molecule has 2 N–H and O–H groups in total. The van der Waals surface area contributed by atoms with Crippen LogP contribution in [0, 0.1) is 6.92 Å². The van der Waals surface area contributed by atoms with Gasteiger partial charge in [0.05, 0.1) is 16.1 Å². The summed E-state index contributed by atoms with van der Waals surface area (Å²) in [7, 11) is -3.81. The number of anilines is 1. The normalized spacial score (nSPS) is 17.6. The summed E-state index contributed by atoms with van der Waals surface area (Å²) in [6.45, 7) is 2.11. The van der Waals surface area contributed by atoms with Crippen LogP contribution in [-0.2, 0) is 14.8 Å². The van der Waals surface area contributed by atoms with E-state index in [1.54, 1.807) is 24.3 Å². The van der Waals surface area contributed by atoms with Crippen molar-refractivity contribution >= 4 is 27.6 Å². The van der Waals surface area contributed by atoms with Crippen molar-refractivity contribution in [2.75, 3.05) is 11.9 Å². The van der Waals surface area contributed by atoms with Crippen LogP contribution in [0.5, 0.6) is 0 Å². The lowest BCUT2D eigenvalue weighted by Gasteiger charge is -2.23. The van der Waals surface area contributed by atoms with Gasteiger partial charge in [0.25, 0.3) is 0 Å². The number of carbonyl (C=O) groups is 2. The van der Waals surface area contributed by atoms with E-state index >= 15 is 0 Å². The number of benzene rings is 2. The Morgan fingerprint density at radius 1 is 1.11 bits per heavy atom. The van der Waals surface area contributed by atoms with E-state index in [-0.39, 0.29) is 22.7 Å². The number of hydrogen-bond donors (Lipinski definition) is 2. The van der Waals surface area contributed by atoms with Crippen LogP contribution in [0.1, 0.15) is 28.8 Å². The summed E-state index contributed by atoms with van der Waals surface area (Å²) in [6.07, 6.45) is 0.940. The monoisotopic (exact) mass is 388 g/mol. The van der Waals surface area contributed by atoms with E-state index in [1.807, 2.05) is 6.92 Å². The van der Waals surface area contributed by atoms with Gasteiger partial charge in [-0.15, -0.1) is 0 Å².